The molecular weight excluding hydrogens is 813 g/mol. The lowest BCUT2D eigenvalue weighted by molar-refractivity contribution is -0.199. The SMILES string of the molecule is CCCCc1ccc(-c2ccc(C(=O)N[C@@H](CCC)C(=O)N[C@@H](CCC(N)=O)C(=O)N[C@@H](C)C(=O)N[C@@H](CCCCN)C(=O)N[C@@H](C)B3O[C@@H]4C[C@@H]5C[C@@H](C5(C)C)[C@]4(C)O3)cc2)cc1. The average Bonchev–Trinajstić information content (AvgIpc) is 3.64. The van der Waals surface area contributed by atoms with Crippen molar-refractivity contribution in [2.24, 2.45) is 28.7 Å². The van der Waals surface area contributed by atoms with Crippen molar-refractivity contribution in [2.75, 3.05) is 6.54 Å². The first kappa shape index (κ1) is 50.2. The maximum Gasteiger partial charge on any atom is 0.481 e. The van der Waals surface area contributed by atoms with E-state index in [-0.39, 0.29) is 30.8 Å². The summed E-state index contributed by atoms with van der Waals surface area (Å²) < 4.78 is 12.9. The lowest BCUT2D eigenvalue weighted by atomic mass is 9.43. The summed E-state index contributed by atoms with van der Waals surface area (Å²) in [6.07, 6.45) is 7.17. The first-order chi connectivity index (χ1) is 30.4. The topological polar surface area (TPSA) is 233 Å². The van der Waals surface area contributed by atoms with Crippen molar-refractivity contribution in [1.82, 2.24) is 26.6 Å². The largest absolute Gasteiger partial charge is 0.481 e. The summed E-state index contributed by atoms with van der Waals surface area (Å²) in [7, 11) is -0.652. The van der Waals surface area contributed by atoms with E-state index in [1.807, 2.05) is 26.0 Å². The lowest BCUT2D eigenvalue weighted by Gasteiger charge is -2.64. The van der Waals surface area contributed by atoms with Crippen LogP contribution in [-0.4, -0.2) is 90.9 Å². The Balaban J connectivity index is 1.17. The van der Waals surface area contributed by atoms with Gasteiger partial charge in [-0.2, -0.15) is 0 Å². The van der Waals surface area contributed by atoms with E-state index >= 15 is 0 Å². The maximum absolute atomic E-state index is 13.8. The third-order valence-electron chi connectivity index (χ3n) is 13.8. The van der Waals surface area contributed by atoms with Crippen LogP contribution in [0, 0.1) is 17.3 Å². The van der Waals surface area contributed by atoms with Gasteiger partial charge in [0.25, 0.3) is 5.91 Å². The van der Waals surface area contributed by atoms with Gasteiger partial charge in [-0.15, -0.1) is 0 Å². The van der Waals surface area contributed by atoms with Gasteiger partial charge in [0.1, 0.15) is 24.2 Å². The van der Waals surface area contributed by atoms with Gasteiger partial charge in [-0.1, -0.05) is 76.9 Å². The highest BCUT2D eigenvalue weighted by Gasteiger charge is 2.68. The molecule has 6 amide bonds. The Morgan fingerprint density at radius 1 is 0.719 bits per heavy atom. The van der Waals surface area contributed by atoms with Crippen LogP contribution in [0.25, 0.3) is 11.1 Å². The van der Waals surface area contributed by atoms with Gasteiger partial charge >= 0.3 is 7.12 Å². The van der Waals surface area contributed by atoms with Gasteiger partial charge in [-0.3, -0.25) is 28.8 Å². The van der Waals surface area contributed by atoms with Crippen LogP contribution >= 0.6 is 0 Å². The Morgan fingerprint density at radius 3 is 1.92 bits per heavy atom. The number of hydrogen-bond acceptors (Lipinski definition) is 9. The zero-order chi connectivity index (χ0) is 46.8. The van der Waals surface area contributed by atoms with E-state index in [1.54, 1.807) is 12.1 Å². The average molecular weight is 886 g/mol. The van der Waals surface area contributed by atoms with Crippen molar-refractivity contribution in [3.8, 4) is 11.1 Å². The molecule has 6 rings (SSSR count). The summed E-state index contributed by atoms with van der Waals surface area (Å²) in [4.78, 5) is 80.0. The Kier molecular flexibility index (Phi) is 17.6. The van der Waals surface area contributed by atoms with E-state index in [9.17, 15) is 28.8 Å². The highest BCUT2D eigenvalue weighted by molar-refractivity contribution is 6.47. The molecule has 64 heavy (non-hydrogen) atoms. The number of nitrogens with two attached hydrogens (primary N) is 2. The van der Waals surface area contributed by atoms with Crippen LogP contribution in [0.1, 0.15) is 135 Å². The minimum absolute atomic E-state index is 0.0569. The fraction of sp³-hybridized carbons (Fsp3) is 0.625. The molecule has 3 saturated carbocycles. The Labute approximate surface area is 379 Å². The molecule has 1 heterocycles. The number of rotatable bonds is 24. The maximum atomic E-state index is 13.8. The molecule has 0 aromatic heterocycles. The third-order valence-corrected chi connectivity index (χ3v) is 13.8. The van der Waals surface area contributed by atoms with Gasteiger partial charge in [-0.05, 0) is 131 Å². The first-order valence-corrected chi connectivity index (χ1v) is 23.4. The predicted molar refractivity (Wildman–Crippen MR) is 247 cm³/mol. The number of benzene rings is 2. The molecule has 15 nitrogen and oxygen atoms in total. The van der Waals surface area contributed by atoms with Crippen molar-refractivity contribution in [2.45, 2.75) is 167 Å². The molecular formula is C48H72BN7O8. The van der Waals surface area contributed by atoms with Crippen LogP contribution in [0.15, 0.2) is 48.5 Å². The summed E-state index contributed by atoms with van der Waals surface area (Å²) in [5.41, 5.74) is 14.5. The number of primary amides is 1. The van der Waals surface area contributed by atoms with Crippen LogP contribution in [0.5, 0.6) is 0 Å². The van der Waals surface area contributed by atoms with E-state index in [0.29, 0.717) is 49.6 Å². The van der Waals surface area contributed by atoms with E-state index < -0.39 is 78.3 Å². The number of unbranched alkanes of at least 4 members (excludes halogenated alkanes) is 2. The minimum Gasteiger partial charge on any atom is -0.404 e. The molecule has 9 atom stereocenters. The predicted octanol–water partition coefficient (Wildman–Crippen LogP) is 4.24. The first-order valence-electron chi connectivity index (χ1n) is 23.4. The van der Waals surface area contributed by atoms with Crippen LogP contribution in [0.4, 0.5) is 0 Å². The smallest absolute Gasteiger partial charge is 0.404 e. The number of amides is 6. The van der Waals surface area contributed by atoms with Crippen molar-refractivity contribution in [3.63, 3.8) is 0 Å². The van der Waals surface area contributed by atoms with Crippen LogP contribution in [0.3, 0.4) is 0 Å². The van der Waals surface area contributed by atoms with Gasteiger partial charge in [-0.25, -0.2) is 0 Å². The minimum atomic E-state index is -1.27. The standard InChI is InChI=1S/C48H72BN7O8/c1-8-10-14-31-16-18-32(19-17-31)33-20-22-34(23-21-33)43(59)55-36(13-9-2)46(62)56-38(24-25-41(51)57)44(60)52-29(3)42(58)54-37(15-11-12-26-50)45(61)53-30(4)49-63-40-28-35-27-39(47(35,5)6)48(40,7)64-49/h16-23,29-30,35-40H,8-15,24-28,50H2,1-7H3,(H2,51,57)(H,52,60)(H,53,61)(H,54,58)(H,55,59)(H,56,62)/t29-,30-,35-,36-,37-,38-,39-,40+,48-/m0/s1. The molecule has 2 aromatic carbocycles. The molecule has 4 aliphatic rings. The van der Waals surface area contributed by atoms with Crippen molar-refractivity contribution in [1.29, 1.82) is 0 Å². The number of aryl methyl sites for hydroxylation is 1. The molecule has 16 heteroatoms. The molecule has 9 N–H and O–H groups in total. The fourth-order valence-corrected chi connectivity index (χ4v) is 9.63. The molecule has 1 saturated heterocycles. The quantitative estimate of drug-likeness (QED) is 0.0590. The van der Waals surface area contributed by atoms with E-state index in [4.69, 9.17) is 20.8 Å². The van der Waals surface area contributed by atoms with E-state index in [1.165, 1.54) is 12.5 Å². The molecule has 0 radical (unpaired) electrons. The number of carbonyl (C=O) groups is 6. The van der Waals surface area contributed by atoms with Gasteiger partial charge in [0.05, 0.1) is 17.6 Å². The summed E-state index contributed by atoms with van der Waals surface area (Å²) in [6, 6.07) is 11.1. The van der Waals surface area contributed by atoms with Crippen molar-refractivity contribution >= 4 is 42.6 Å². The second kappa shape index (κ2) is 22.4. The monoisotopic (exact) mass is 886 g/mol. The van der Waals surface area contributed by atoms with Crippen molar-refractivity contribution in [3.05, 3.63) is 59.7 Å². The molecule has 2 bridgehead atoms. The van der Waals surface area contributed by atoms with Gasteiger partial charge in [0.15, 0.2) is 0 Å². The number of nitrogens with one attached hydrogen (secondary N) is 5. The van der Waals surface area contributed by atoms with Crippen LogP contribution in [0.2, 0.25) is 0 Å². The molecule has 2 aromatic rings. The molecule has 4 fully saturated rings. The second-order valence-corrected chi connectivity index (χ2v) is 19.0. The Hall–Kier alpha value is -4.80. The Bertz CT molecular complexity index is 1950. The highest BCUT2D eigenvalue weighted by Crippen LogP contribution is 2.65. The zero-order valence-corrected chi connectivity index (χ0v) is 38.9. The second-order valence-electron chi connectivity index (χ2n) is 19.0. The summed E-state index contributed by atoms with van der Waals surface area (Å²) >= 11 is 0. The lowest BCUT2D eigenvalue weighted by Crippen LogP contribution is -2.65. The van der Waals surface area contributed by atoms with Crippen molar-refractivity contribution < 1.29 is 38.1 Å². The third kappa shape index (κ3) is 12.3. The van der Waals surface area contributed by atoms with Crippen LogP contribution < -0.4 is 38.1 Å². The normalized spacial score (nSPS) is 22.9. The van der Waals surface area contributed by atoms with E-state index in [0.717, 1.165) is 43.2 Å². The molecule has 3 aliphatic carbocycles. The van der Waals surface area contributed by atoms with Gasteiger partial charge < -0.3 is 47.4 Å². The van der Waals surface area contributed by atoms with E-state index in [2.05, 4.69) is 78.5 Å². The molecule has 1 aliphatic heterocycles. The Morgan fingerprint density at radius 2 is 1.31 bits per heavy atom. The summed E-state index contributed by atoms with van der Waals surface area (Å²) in [5, 5.41) is 13.9. The zero-order valence-electron chi connectivity index (χ0n) is 38.9. The fourth-order valence-electron chi connectivity index (χ4n) is 9.63. The van der Waals surface area contributed by atoms with Gasteiger partial charge in [0, 0.05) is 12.0 Å². The van der Waals surface area contributed by atoms with Crippen LogP contribution in [-0.2, 0) is 39.7 Å². The van der Waals surface area contributed by atoms with Gasteiger partial charge in [0.2, 0.25) is 29.5 Å². The summed E-state index contributed by atoms with van der Waals surface area (Å²) in [6.45, 7) is 14.4. The summed E-state index contributed by atoms with van der Waals surface area (Å²) in [5.74, 6) is -3.15. The molecule has 0 spiro atoms. The highest BCUT2D eigenvalue weighted by atomic mass is 16.7. The number of hydrogen-bond donors (Lipinski definition) is 7. The number of carbonyl (C=O) groups excluding carboxylic acids is 6. The molecule has 0 unspecified atom stereocenters. The molecule has 350 valence electrons.